The topological polar surface area (TPSA) is 85.6 Å². The molecular weight excluding hydrogens is 447 g/mol. The zero-order chi connectivity index (χ0) is 17.6. The SMILES string of the molecule is CCNC(=NCc1nnc2n1CCC2)Nc1ccc(OC)c(OC)c1.I. The van der Waals surface area contributed by atoms with Crippen LogP contribution in [0.3, 0.4) is 0 Å². The van der Waals surface area contributed by atoms with Crippen molar-refractivity contribution in [3.05, 3.63) is 29.8 Å². The Kier molecular flexibility index (Phi) is 7.49. The zero-order valence-corrected chi connectivity index (χ0v) is 17.6. The first-order chi connectivity index (χ1) is 12.2. The summed E-state index contributed by atoms with van der Waals surface area (Å²) in [5.41, 5.74) is 0.865. The maximum Gasteiger partial charge on any atom is 0.196 e. The maximum atomic E-state index is 5.34. The molecule has 3 rings (SSSR count). The highest BCUT2D eigenvalue weighted by atomic mass is 127. The van der Waals surface area contributed by atoms with Gasteiger partial charge < -0.3 is 24.7 Å². The number of nitrogens with one attached hydrogen (secondary N) is 2. The van der Waals surface area contributed by atoms with Crippen molar-refractivity contribution in [1.82, 2.24) is 20.1 Å². The van der Waals surface area contributed by atoms with Crippen molar-refractivity contribution < 1.29 is 9.47 Å². The van der Waals surface area contributed by atoms with Gasteiger partial charge in [-0.25, -0.2) is 4.99 Å². The van der Waals surface area contributed by atoms with E-state index in [1.54, 1.807) is 14.2 Å². The van der Waals surface area contributed by atoms with Crippen LogP contribution in [-0.2, 0) is 19.5 Å². The van der Waals surface area contributed by atoms with Crippen LogP contribution in [0.15, 0.2) is 23.2 Å². The molecule has 9 heteroatoms. The van der Waals surface area contributed by atoms with Crippen molar-refractivity contribution in [2.45, 2.75) is 32.9 Å². The molecule has 0 atom stereocenters. The molecule has 1 aliphatic rings. The molecule has 2 heterocycles. The number of aliphatic imine (C=N–C) groups is 1. The molecule has 1 aromatic heterocycles. The fourth-order valence-corrected chi connectivity index (χ4v) is 2.84. The molecule has 0 amide bonds. The van der Waals surface area contributed by atoms with E-state index in [-0.39, 0.29) is 24.0 Å². The van der Waals surface area contributed by atoms with Gasteiger partial charge in [0.05, 0.1) is 14.2 Å². The molecule has 0 aliphatic carbocycles. The van der Waals surface area contributed by atoms with Crippen molar-refractivity contribution in [2.75, 3.05) is 26.1 Å². The fraction of sp³-hybridized carbons (Fsp3) is 0.471. The van der Waals surface area contributed by atoms with E-state index in [1.165, 1.54) is 0 Å². The van der Waals surface area contributed by atoms with Crippen LogP contribution in [-0.4, -0.2) is 41.5 Å². The molecule has 1 aromatic carbocycles. The molecule has 0 saturated carbocycles. The molecule has 1 aliphatic heterocycles. The number of aromatic nitrogens is 3. The summed E-state index contributed by atoms with van der Waals surface area (Å²) in [6.45, 7) is 4.25. The highest BCUT2D eigenvalue weighted by molar-refractivity contribution is 14.0. The summed E-state index contributed by atoms with van der Waals surface area (Å²) in [4.78, 5) is 4.63. The second-order valence-corrected chi connectivity index (χ2v) is 5.68. The molecule has 2 aromatic rings. The Hall–Kier alpha value is -2.04. The molecule has 0 spiro atoms. The van der Waals surface area contributed by atoms with Gasteiger partial charge in [0.2, 0.25) is 0 Å². The van der Waals surface area contributed by atoms with Crippen LogP contribution in [0, 0.1) is 0 Å². The van der Waals surface area contributed by atoms with E-state index in [4.69, 9.17) is 9.47 Å². The van der Waals surface area contributed by atoms with Gasteiger partial charge in [-0.05, 0) is 25.5 Å². The second-order valence-electron chi connectivity index (χ2n) is 5.68. The average Bonchev–Trinajstić information content (AvgIpc) is 3.24. The van der Waals surface area contributed by atoms with Gasteiger partial charge >= 0.3 is 0 Å². The zero-order valence-electron chi connectivity index (χ0n) is 15.3. The van der Waals surface area contributed by atoms with E-state index < -0.39 is 0 Å². The first kappa shape index (κ1) is 20.3. The minimum Gasteiger partial charge on any atom is -0.493 e. The lowest BCUT2D eigenvalue weighted by atomic mass is 10.3. The number of nitrogens with zero attached hydrogens (tertiary/aromatic N) is 4. The van der Waals surface area contributed by atoms with Gasteiger partial charge in [0.15, 0.2) is 23.3 Å². The minimum absolute atomic E-state index is 0. The quantitative estimate of drug-likeness (QED) is 0.382. The number of methoxy groups -OCH3 is 2. The number of rotatable bonds is 6. The molecule has 0 unspecified atom stereocenters. The van der Waals surface area contributed by atoms with E-state index >= 15 is 0 Å². The van der Waals surface area contributed by atoms with Crippen molar-refractivity contribution in [1.29, 1.82) is 0 Å². The summed E-state index contributed by atoms with van der Waals surface area (Å²) < 4.78 is 12.8. The van der Waals surface area contributed by atoms with Crippen LogP contribution in [0.5, 0.6) is 11.5 Å². The molecule has 0 fully saturated rings. The number of aryl methyl sites for hydroxylation is 1. The first-order valence-electron chi connectivity index (χ1n) is 8.43. The summed E-state index contributed by atoms with van der Waals surface area (Å²) in [5.74, 6) is 4.00. The Morgan fingerprint density at radius 2 is 2.04 bits per heavy atom. The van der Waals surface area contributed by atoms with Crippen LogP contribution in [0.2, 0.25) is 0 Å². The van der Waals surface area contributed by atoms with E-state index in [9.17, 15) is 0 Å². The Morgan fingerprint density at radius 3 is 2.77 bits per heavy atom. The predicted octanol–water partition coefficient (Wildman–Crippen LogP) is 2.44. The van der Waals surface area contributed by atoms with Crippen LogP contribution >= 0.6 is 24.0 Å². The number of guanidine groups is 1. The third kappa shape index (κ3) is 4.57. The normalized spacial score (nSPS) is 13.0. The number of halogens is 1. The number of hydrogen-bond acceptors (Lipinski definition) is 5. The average molecular weight is 472 g/mol. The lowest BCUT2D eigenvalue weighted by molar-refractivity contribution is 0.355. The number of benzene rings is 1. The predicted molar refractivity (Wildman–Crippen MR) is 112 cm³/mol. The van der Waals surface area contributed by atoms with E-state index in [2.05, 4.69) is 30.4 Å². The highest BCUT2D eigenvalue weighted by Crippen LogP contribution is 2.29. The third-order valence-corrected chi connectivity index (χ3v) is 4.06. The van der Waals surface area contributed by atoms with E-state index in [0.29, 0.717) is 24.0 Å². The van der Waals surface area contributed by atoms with Gasteiger partial charge in [-0.2, -0.15) is 0 Å². The lowest BCUT2D eigenvalue weighted by Crippen LogP contribution is -2.30. The van der Waals surface area contributed by atoms with Crippen molar-refractivity contribution in [3.8, 4) is 11.5 Å². The fourth-order valence-electron chi connectivity index (χ4n) is 2.84. The van der Waals surface area contributed by atoms with Crippen LogP contribution in [0.25, 0.3) is 0 Å². The molecule has 0 saturated heterocycles. The molecule has 26 heavy (non-hydrogen) atoms. The number of ether oxygens (including phenoxy) is 2. The molecule has 8 nitrogen and oxygen atoms in total. The Bertz CT molecular complexity index is 762. The van der Waals surface area contributed by atoms with Gasteiger partial charge in [0.25, 0.3) is 0 Å². The Balaban J connectivity index is 0.00000243. The molecule has 0 bridgehead atoms. The first-order valence-corrected chi connectivity index (χ1v) is 8.43. The number of anilines is 1. The minimum atomic E-state index is 0. The summed E-state index contributed by atoms with van der Waals surface area (Å²) in [5, 5.41) is 15.0. The standard InChI is InChI=1S/C17H24N6O2.HI/c1-4-18-17(19-11-16-22-21-15-6-5-9-23(15)16)20-12-7-8-13(24-2)14(10-12)25-3;/h7-8,10H,4-6,9,11H2,1-3H3,(H2,18,19,20);1H. The second kappa shape index (κ2) is 9.60. The van der Waals surface area contributed by atoms with Gasteiger partial charge in [-0.1, -0.05) is 0 Å². The Morgan fingerprint density at radius 1 is 1.23 bits per heavy atom. The molecule has 0 radical (unpaired) electrons. The van der Waals surface area contributed by atoms with Crippen LogP contribution in [0.4, 0.5) is 5.69 Å². The van der Waals surface area contributed by atoms with Crippen LogP contribution in [0.1, 0.15) is 25.0 Å². The smallest absolute Gasteiger partial charge is 0.196 e. The van der Waals surface area contributed by atoms with E-state index in [1.807, 2.05) is 25.1 Å². The van der Waals surface area contributed by atoms with Crippen LogP contribution < -0.4 is 20.1 Å². The number of hydrogen-bond donors (Lipinski definition) is 2. The Labute approximate surface area is 170 Å². The van der Waals surface area contributed by atoms with Crippen molar-refractivity contribution >= 4 is 35.6 Å². The number of fused-ring (bicyclic) bond motifs is 1. The lowest BCUT2D eigenvalue weighted by Gasteiger charge is -2.13. The van der Waals surface area contributed by atoms with Gasteiger partial charge in [-0.3, -0.25) is 0 Å². The van der Waals surface area contributed by atoms with Crippen molar-refractivity contribution in [3.63, 3.8) is 0 Å². The van der Waals surface area contributed by atoms with E-state index in [0.717, 1.165) is 43.3 Å². The summed E-state index contributed by atoms with van der Waals surface area (Å²) in [6.07, 6.45) is 2.13. The monoisotopic (exact) mass is 472 g/mol. The van der Waals surface area contributed by atoms with Gasteiger partial charge in [0, 0.05) is 31.3 Å². The largest absolute Gasteiger partial charge is 0.493 e. The third-order valence-electron chi connectivity index (χ3n) is 4.06. The summed E-state index contributed by atoms with van der Waals surface area (Å²) in [7, 11) is 3.24. The summed E-state index contributed by atoms with van der Waals surface area (Å²) >= 11 is 0. The maximum absolute atomic E-state index is 5.34. The van der Waals surface area contributed by atoms with Gasteiger partial charge in [-0.15, -0.1) is 34.2 Å². The molecule has 2 N–H and O–H groups in total. The highest BCUT2D eigenvalue weighted by Gasteiger charge is 2.16. The molecular formula is C17H25IN6O2. The van der Waals surface area contributed by atoms with Gasteiger partial charge in [0.1, 0.15) is 12.4 Å². The van der Waals surface area contributed by atoms with Crippen molar-refractivity contribution in [2.24, 2.45) is 4.99 Å². The summed E-state index contributed by atoms with van der Waals surface area (Å²) in [6, 6.07) is 5.65. The molecule has 142 valence electrons.